The van der Waals surface area contributed by atoms with Crippen LogP contribution in [-0.2, 0) is 0 Å². The smallest absolute Gasteiger partial charge is 0.258 e. The van der Waals surface area contributed by atoms with Crippen LogP contribution in [0.2, 0.25) is 5.02 Å². The van der Waals surface area contributed by atoms with Crippen molar-refractivity contribution in [3.8, 4) is 5.69 Å². The Morgan fingerprint density at radius 2 is 2.19 bits per heavy atom. The zero-order valence-corrected chi connectivity index (χ0v) is 9.18. The second-order valence-electron chi connectivity index (χ2n) is 3.27. The molecule has 16 heavy (non-hydrogen) atoms. The predicted octanol–water partition coefficient (Wildman–Crippen LogP) is 2.74. The third kappa shape index (κ3) is 1.77. The Balaban J connectivity index is 2.67. The number of aryl methyl sites for hydroxylation is 1. The van der Waals surface area contributed by atoms with Gasteiger partial charge >= 0.3 is 0 Å². The van der Waals surface area contributed by atoms with Crippen LogP contribution in [-0.4, -0.2) is 14.7 Å². The lowest BCUT2D eigenvalue weighted by Crippen LogP contribution is -2.01. The van der Waals surface area contributed by atoms with Gasteiger partial charge in [0.05, 0.1) is 15.6 Å². The van der Waals surface area contributed by atoms with Gasteiger partial charge in [-0.3, -0.25) is 10.1 Å². The molecule has 5 nitrogen and oxygen atoms in total. The highest BCUT2D eigenvalue weighted by atomic mass is 35.5. The van der Waals surface area contributed by atoms with E-state index in [9.17, 15) is 10.1 Å². The molecule has 0 N–H and O–H groups in total. The Hall–Kier alpha value is -1.88. The van der Waals surface area contributed by atoms with Crippen molar-refractivity contribution in [3.05, 3.63) is 51.3 Å². The molecule has 0 aliphatic rings. The summed E-state index contributed by atoms with van der Waals surface area (Å²) in [7, 11) is 0. The van der Waals surface area contributed by atoms with Crippen molar-refractivity contribution < 1.29 is 4.92 Å². The third-order valence-corrected chi connectivity index (χ3v) is 2.42. The Morgan fingerprint density at radius 1 is 1.44 bits per heavy atom. The number of benzene rings is 1. The Kier molecular flexibility index (Phi) is 2.62. The first-order valence-electron chi connectivity index (χ1n) is 4.55. The number of hydrogen-bond donors (Lipinski definition) is 0. The molecule has 0 unspecified atom stereocenters. The number of rotatable bonds is 2. The SMILES string of the molecule is Cc1ccn(-c2c(Cl)cccc2[N+](=O)[O-])n1. The Labute approximate surface area is 96.4 Å². The molecule has 0 spiro atoms. The molecule has 82 valence electrons. The number of nitro benzene ring substituents is 1. The zero-order valence-electron chi connectivity index (χ0n) is 8.42. The summed E-state index contributed by atoms with van der Waals surface area (Å²) in [5, 5.41) is 15.3. The first-order chi connectivity index (χ1) is 7.59. The van der Waals surface area contributed by atoms with Crippen molar-refractivity contribution in [2.75, 3.05) is 0 Å². The Bertz CT molecular complexity index is 551. The van der Waals surface area contributed by atoms with E-state index in [-0.39, 0.29) is 5.69 Å². The van der Waals surface area contributed by atoms with Crippen LogP contribution >= 0.6 is 11.6 Å². The fourth-order valence-electron chi connectivity index (χ4n) is 1.42. The van der Waals surface area contributed by atoms with Crippen LogP contribution in [0.4, 0.5) is 5.69 Å². The molecule has 0 aliphatic heterocycles. The molecule has 2 rings (SSSR count). The maximum absolute atomic E-state index is 10.9. The molecule has 0 amide bonds. The molecule has 6 heteroatoms. The number of nitrogens with zero attached hydrogens (tertiary/aromatic N) is 3. The first-order valence-corrected chi connectivity index (χ1v) is 4.93. The third-order valence-electron chi connectivity index (χ3n) is 2.11. The second-order valence-corrected chi connectivity index (χ2v) is 3.67. The minimum Gasteiger partial charge on any atom is -0.258 e. The molecule has 1 aromatic heterocycles. The van der Waals surface area contributed by atoms with Crippen LogP contribution in [0, 0.1) is 17.0 Å². The normalized spacial score (nSPS) is 10.4. The van der Waals surface area contributed by atoms with Gasteiger partial charge in [0.15, 0.2) is 5.69 Å². The summed E-state index contributed by atoms with van der Waals surface area (Å²) in [6.45, 7) is 1.80. The molecule has 0 radical (unpaired) electrons. The Morgan fingerprint density at radius 3 is 2.75 bits per heavy atom. The summed E-state index contributed by atoms with van der Waals surface area (Å²) in [6, 6.07) is 6.30. The van der Waals surface area contributed by atoms with E-state index in [0.717, 1.165) is 5.69 Å². The minimum absolute atomic E-state index is 0.0596. The highest BCUT2D eigenvalue weighted by Crippen LogP contribution is 2.29. The molecule has 0 saturated carbocycles. The quantitative estimate of drug-likeness (QED) is 0.596. The maximum atomic E-state index is 10.9. The van der Waals surface area contributed by atoms with Crippen LogP contribution < -0.4 is 0 Å². The molecule has 0 fully saturated rings. The zero-order chi connectivity index (χ0) is 11.7. The van der Waals surface area contributed by atoms with Gasteiger partial charge in [-0.15, -0.1) is 0 Å². The van der Waals surface area contributed by atoms with Crippen molar-refractivity contribution in [1.29, 1.82) is 0 Å². The summed E-state index contributed by atoms with van der Waals surface area (Å²) in [4.78, 5) is 10.4. The standard InChI is InChI=1S/C10H8ClN3O2/c1-7-5-6-13(12-7)10-8(11)3-2-4-9(10)14(15)16/h2-6H,1H3. The molecule has 0 saturated heterocycles. The molecular formula is C10H8ClN3O2. The predicted molar refractivity (Wildman–Crippen MR) is 60.0 cm³/mol. The number of hydrogen-bond acceptors (Lipinski definition) is 3. The van der Waals surface area contributed by atoms with Crippen molar-refractivity contribution in [2.45, 2.75) is 6.92 Å². The molecule has 0 atom stereocenters. The monoisotopic (exact) mass is 237 g/mol. The summed E-state index contributed by atoms with van der Waals surface area (Å²) < 4.78 is 1.41. The van der Waals surface area contributed by atoms with Crippen LogP contribution in [0.15, 0.2) is 30.5 Å². The van der Waals surface area contributed by atoms with Crippen molar-refractivity contribution in [3.63, 3.8) is 0 Å². The fourth-order valence-corrected chi connectivity index (χ4v) is 1.67. The van der Waals surface area contributed by atoms with Crippen LogP contribution in [0.5, 0.6) is 0 Å². The molecule has 2 aromatic rings. The van der Waals surface area contributed by atoms with Gasteiger partial charge in [-0.2, -0.15) is 5.10 Å². The highest BCUT2D eigenvalue weighted by molar-refractivity contribution is 6.32. The number of nitro groups is 1. The summed E-state index contributed by atoms with van der Waals surface area (Å²) in [5.74, 6) is 0. The van der Waals surface area contributed by atoms with Gasteiger partial charge in [-0.05, 0) is 19.1 Å². The van der Waals surface area contributed by atoms with Crippen molar-refractivity contribution in [2.24, 2.45) is 0 Å². The van der Waals surface area contributed by atoms with E-state index in [0.29, 0.717) is 10.7 Å². The van der Waals surface area contributed by atoms with E-state index in [4.69, 9.17) is 11.6 Å². The first kappa shape index (κ1) is 10.6. The van der Waals surface area contributed by atoms with Crippen molar-refractivity contribution >= 4 is 17.3 Å². The van der Waals surface area contributed by atoms with Crippen molar-refractivity contribution in [1.82, 2.24) is 9.78 Å². The molecule has 1 heterocycles. The van der Waals surface area contributed by atoms with Crippen LogP contribution in [0.25, 0.3) is 5.69 Å². The summed E-state index contributed by atoms with van der Waals surface area (Å²) in [5.41, 5.74) is 1.01. The topological polar surface area (TPSA) is 61.0 Å². The fraction of sp³-hybridized carbons (Fsp3) is 0.100. The summed E-state index contributed by atoms with van der Waals surface area (Å²) in [6.07, 6.45) is 1.64. The van der Waals surface area contributed by atoms with E-state index in [1.165, 1.54) is 10.7 Å². The molecule has 1 aromatic carbocycles. The van der Waals surface area contributed by atoms with Gasteiger partial charge in [0.2, 0.25) is 0 Å². The van der Waals surface area contributed by atoms with Crippen LogP contribution in [0.1, 0.15) is 5.69 Å². The number of halogens is 1. The van der Waals surface area contributed by atoms with Gasteiger partial charge in [0, 0.05) is 12.3 Å². The van der Waals surface area contributed by atoms with E-state index >= 15 is 0 Å². The lowest BCUT2D eigenvalue weighted by atomic mass is 10.2. The lowest BCUT2D eigenvalue weighted by Gasteiger charge is -2.04. The second kappa shape index (κ2) is 3.94. The molecule has 0 bridgehead atoms. The van der Waals surface area contributed by atoms with Gasteiger partial charge in [-0.1, -0.05) is 17.7 Å². The average molecular weight is 238 g/mol. The van der Waals surface area contributed by atoms with Gasteiger partial charge in [0.1, 0.15) is 0 Å². The number of aromatic nitrogens is 2. The van der Waals surface area contributed by atoms with Gasteiger partial charge in [0.25, 0.3) is 5.69 Å². The van der Waals surface area contributed by atoms with E-state index < -0.39 is 4.92 Å². The van der Waals surface area contributed by atoms with Gasteiger partial charge in [-0.25, -0.2) is 4.68 Å². The largest absolute Gasteiger partial charge is 0.296 e. The minimum atomic E-state index is -0.474. The van der Waals surface area contributed by atoms with E-state index in [2.05, 4.69) is 5.10 Å². The molecule has 0 aliphatic carbocycles. The van der Waals surface area contributed by atoms with E-state index in [1.807, 2.05) is 0 Å². The van der Waals surface area contributed by atoms with Crippen LogP contribution in [0.3, 0.4) is 0 Å². The average Bonchev–Trinajstić information content (AvgIpc) is 2.64. The highest BCUT2D eigenvalue weighted by Gasteiger charge is 2.18. The maximum Gasteiger partial charge on any atom is 0.296 e. The lowest BCUT2D eigenvalue weighted by molar-refractivity contribution is -0.384. The molecular weight excluding hydrogens is 230 g/mol. The van der Waals surface area contributed by atoms with Gasteiger partial charge < -0.3 is 0 Å². The number of para-hydroxylation sites is 1. The summed E-state index contributed by atoms with van der Waals surface area (Å²) >= 11 is 5.95. The van der Waals surface area contributed by atoms with E-state index in [1.54, 1.807) is 31.3 Å².